The normalized spacial score (nSPS) is 18.9. The Balaban J connectivity index is 1.78. The Bertz CT molecular complexity index is 1080. The van der Waals surface area contributed by atoms with Crippen LogP contribution in [0.5, 0.6) is 0 Å². The number of hydrogen-bond acceptors (Lipinski definition) is 4. The predicted molar refractivity (Wildman–Crippen MR) is 124 cm³/mol. The average molecular weight is 463 g/mol. The number of rotatable bonds is 5. The molecule has 2 unspecified atom stereocenters. The summed E-state index contributed by atoms with van der Waals surface area (Å²) in [5, 5.41) is 1.80. The molecule has 3 aromatic rings. The van der Waals surface area contributed by atoms with Gasteiger partial charge in [-0.25, -0.2) is 4.98 Å². The molecule has 30 heavy (non-hydrogen) atoms. The molecule has 0 amide bonds. The van der Waals surface area contributed by atoms with Gasteiger partial charge in [-0.1, -0.05) is 48.7 Å². The van der Waals surface area contributed by atoms with Gasteiger partial charge in [-0.15, -0.1) is 0 Å². The summed E-state index contributed by atoms with van der Waals surface area (Å²) in [6.45, 7) is 6.41. The Morgan fingerprint density at radius 1 is 1.03 bits per heavy atom. The molecule has 7 heteroatoms. The van der Waals surface area contributed by atoms with Crippen LogP contribution in [-0.2, 0) is 6.42 Å². The van der Waals surface area contributed by atoms with E-state index in [-0.39, 0.29) is 12.1 Å². The Kier molecular flexibility index (Phi) is 6.10. The molecule has 2 heterocycles. The van der Waals surface area contributed by atoms with Gasteiger partial charge in [0, 0.05) is 27.7 Å². The topological polar surface area (TPSA) is 41.6 Å². The third-order valence-corrected chi connectivity index (χ3v) is 5.86. The Morgan fingerprint density at radius 3 is 2.40 bits per heavy atom. The molecule has 1 aliphatic rings. The zero-order chi connectivity index (χ0) is 21.4. The second-order valence-electron chi connectivity index (χ2n) is 7.87. The number of halogens is 3. The molecule has 156 valence electrons. The van der Waals surface area contributed by atoms with Crippen LogP contribution in [0.3, 0.4) is 0 Å². The quantitative estimate of drug-likeness (QED) is 0.401. The third kappa shape index (κ3) is 4.22. The first-order chi connectivity index (χ1) is 14.3. The molecule has 2 aromatic carbocycles. The van der Waals surface area contributed by atoms with Crippen LogP contribution >= 0.6 is 34.8 Å². The molecule has 0 spiro atoms. The highest BCUT2D eigenvalue weighted by atomic mass is 35.5. The van der Waals surface area contributed by atoms with E-state index in [0.717, 1.165) is 29.3 Å². The Morgan fingerprint density at radius 2 is 1.73 bits per heavy atom. The van der Waals surface area contributed by atoms with Crippen molar-refractivity contribution in [3.05, 3.63) is 80.9 Å². The molecule has 0 saturated carbocycles. The SMILES string of the molecule is CC(C)Cc1cnc(C2N=C(c3ccc(Cl)cc3Cl)N(c3ccc(Cl)cc3)C2C)o1. The van der Waals surface area contributed by atoms with E-state index in [9.17, 15) is 0 Å². The largest absolute Gasteiger partial charge is 0.443 e. The average Bonchev–Trinajstić information content (AvgIpc) is 3.26. The van der Waals surface area contributed by atoms with Gasteiger partial charge in [0.2, 0.25) is 5.89 Å². The highest BCUT2D eigenvalue weighted by molar-refractivity contribution is 6.37. The van der Waals surface area contributed by atoms with Gasteiger partial charge < -0.3 is 9.32 Å². The Hall–Kier alpha value is -2.01. The summed E-state index contributed by atoms with van der Waals surface area (Å²) < 4.78 is 6.07. The molecular weight excluding hydrogens is 441 g/mol. The van der Waals surface area contributed by atoms with Crippen molar-refractivity contribution in [2.75, 3.05) is 4.90 Å². The van der Waals surface area contributed by atoms with E-state index in [1.165, 1.54) is 0 Å². The molecule has 4 nitrogen and oxygen atoms in total. The number of nitrogens with zero attached hydrogens (tertiary/aromatic N) is 3. The van der Waals surface area contributed by atoms with Gasteiger partial charge in [0.15, 0.2) is 0 Å². The summed E-state index contributed by atoms with van der Waals surface area (Å²) in [6, 6.07) is 12.8. The predicted octanol–water partition coefficient (Wildman–Crippen LogP) is 7.23. The van der Waals surface area contributed by atoms with Crippen molar-refractivity contribution in [1.29, 1.82) is 0 Å². The summed E-state index contributed by atoms with van der Waals surface area (Å²) in [7, 11) is 0. The minimum absolute atomic E-state index is 0.0292. The maximum atomic E-state index is 6.54. The van der Waals surface area contributed by atoms with Crippen LogP contribution in [0.2, 0.25) is 15.1 Å². The van der Waals surface area contributed by atoms with Crippen LogP contribution in [0.25, 0.3) is 0 Å². The molecule has 1 aromatic heterocycles. The van der Waals surface area contributed by atoms with Gasteiger partial charge >= 0.3 is 0 Å². The van der Waals surface area contributed by atoms with Crippen molar-refractivity contribution in [3.8, 4) is 0 Å². The molecule has 0 bridgehead atoms. The van der Waals surface area contributed by atoms with Crippen LogP contribution in [0.4, 0.5) is 5.69 Å². The third-order valence-electron chi connectivity index (χ3n) is 5.06. The van der Waals surface area contributed by atoms with Crippen LogP contribution in [-0.4, -0.2) is 16.9 Å². The lowest BCUT2D eigenvalue weighted by molar-refractivity contribution is 0.394. The van der Waals surface area contributed by atoms with E-state index in [0.29, 0.717) is 26.9 Å². The van der Waals surface area contributed by atoms with Crippen molar-refractivity contribution in [2.24, 2.45) is 10.9 Å². The van der Waals surface area contributed by atoms with Crippen molar-refractivity contribution >= 4 is 46.3 Å². The monoisotopic (exact) mass is 461 g/mol. The fourth-order valence-corrected chi connectivity index (χ4v) is 4.30. The van der Waals surface area contributed by atoms with Crippen molar-refractivity contribution in [1.82, 2.24) is 4.98 Å². The van der Waals surface area contributed by atoms with Gasteiger partial charge in [-0.05, 0) is 55.3 Å². The first-order valence-electron chi connectivity index (χ1n) is 9.86. The molecule has 0 N–H and O–H groups in total. The summed E-state index contributed by atoms with van der Waals surface area (Å²) in [5.41, 5.74) is 1.77. The fraction of sp³-hybridized carbons (Fsp3) is 0.304. The summed E-state index contributed by atoms with van der Waals surface area (Å²) in [5.74, 6) is 2.72. The molecule has 0 radical (unpaired) electrons. The van der Waals surface area contributed by atoms with Gasteiger partial charge in [-0.3, -0.25) is 4.99 Å². The molecule has 0 aliphatic carbocycles. The molecule has 4 rings (SSSR count). The number of oxazole rings is 1. The Labute approximate surface area is 191 Å². The van der Waals surface area contributed by atoms with Crippen LogP contribution < -0.4 is 4.90 Å². The first kappa shape index (κ1) is 21.2. The summed E-state index contributed by atoms with van der Waals surface area (Å²) >= 11 is 18.8. The summed E-state index contributed by atoms with van der Waals surface area (Å²) in [6.07, 6.45) is 2.64. The lowest BCUT2D eigenvalue weighted by Crippen LogP contribution is -2.36. The van der Waals surface area contributed by atoms with Gasteiger partial charge in [0.1, 0.15) is 17.6 Å². The van der Waals surface area contributed by atoms with Gasteiger partial charge in [0.05, 0.1) is 17.3 Å². The standard InChI is InChI=1S/C23H22Cl3N3O/c1-13(2)10-18-12-27-23(30-18)21-14(3)29(17-7-4-15(24)5-8-17)22(28-21)19-9-6-16(25)11-20(19)26/h4-9,11-14,21H,10H2,1-3H3. The molecule has 0 fully saturated rings. The van der Waals surface area contributed by atoms with E-state index in [1.807, 2.05) is 36.4 Å². The van der Waals surface area contributed by atoms with E-state index < -0.39 is 0 Å². The van der Waals surface area contributed by atoms with E-state index >= 15 is 0 Å². The van der Waals surface area contributed by atoms with Crippen molar-refractivity contribution in [3.63, 3.8) is 0 Å². The second kappa shape index (κ2) is 8.62. The highest BCUT2D eigenvalue weighted by Crippen LogP contribution is 2.38. The molecular formula is C23H22Cl3N3O. The highest BCUT2D eigenvalue weighted by Gasteiger charge is 2.38. The minimum Gasteiger partial charge on any atom is -0.443 e. The second-order valence-corrected chi connectivity index (χ2v) is 9.15. The zero-order valence-corrected chi connectivity index (χ0v) is 19.2. The summed E-state index contributed by atoms with van der Waals surface area (Å²) in [4.78, 5) is 11.7. The number of benzene rings is 2. The van der Waals surface area contributed by atoms with E-state index in [2.05, 4.69) is 30.7 Å². The molecule has 2 atom stereocenters. The van der Waals surface area contributed by atoms with Crippen molar-refractivity contribution < 1.29 is 4.42 Å². The van der Waals surface area contributed by atoms with Crippen molar-refractivity contribution in [2.45, 2.75) is 39.3 Å². The maximum absolute atomic E-state index is 6.54. The lowest BCUT2D eigenvalue weighted by Gasteiger charge is -2.27. The number of anilines is 1. The zero-order valence-electron chi connectivity index (χ0n) is 16.9. The lowest BCUT2D eigenvalue weighted by atomic mass is 10.1. The molecule has 0 saturated heterocycles. The van der Waals surface area contributed by atoms with Crippen LogP contribution in [0, 0.1) is 5.92 Å². The minimum atomic E-state index is -0.261. The van der Waals surface area contributed by atoms with Crippen LogP contribution in [0.1, 0.15) is 44.0 Å². The van der Waals surface area contributed by atoms with E-state index in [1.54, 1.807) is 12.3 Å². The molecule has 1 aliphatic heterocycles. The number of aliphatic imine (C=N–C) groups is 1. The fourth-order valence-electron chi connectivity index (χ4n) is 3.68. The van der Waals surface area contributed by atoms with Gasteiger partial charge in [-0.2, -0.15) is 0 Å². The number of hydrogen-bond donors (Lipinski definition) is 0. The first-order valence-corrected chi connectivity index (χ1v) is 11.0. The van der Waals surface area contributed by atoms with Crippen LogP contribution in [0.15, 0.2) is 58.1 Å². The van der Waals surface area contributed by atoms with E-state index in [4.69, 9.17) is 44.2 Å². The maximum Gasteiger partial charge on any atom is 0.221 e. The number of amidine groups is 1. The smallest absolute Gasteiger partial charge is 0.221 e. The number of aromatic nitrogens is 1. The van der Waals surface area contributed by atoms with Gasteiger partial charge in [0.25, 0.3) is 0 Å².